The van der Waals surface area contributed by atoms with Crippen LogP contribution in [0.15, 0.2) is 0 Å². The number of urea groups is 1. The van der Waals surface area contributed by atoms with E-state index in [1.807, 2.05) is 48.5 Å². The first-order valence-electron chi connectivity index (χ1n) is 19.2. The molecule has 1 saturated heterocycles. The Morgan fingerprint density at radius 1 is 0.880 bits per heavy atom. The number of hydrogen-bond donors (Lipinski definition) is 4. The van der Waals surface area contributed by atoms with Crippen LogP contribution in [0.4, 0.5) is 4.79 Å². The summed E-state index contributed by atoms with van der Waals surface area (Å²) in [4.78, 5) is 82.6. The van der Waals surface area contributed by atoms with Crippen LogP contribution in [0.3, 0.4) is 0 Å². The summed E-state index contributed by atoms with van der Waals surface area (Å²) in [5.41, 5.74) is -1.61. The SMILES string of the molecule is CCCC(NC(=O)[C@@H]1[C@H]2CCC(C)(C)[C@H]2CN1C(=O)[C@@H](NC(=O)NC1(CC(C=O)C(C)(C)C)CCCCC1)C(C)(C)C)C(=O)C(=O)NC1CC1. The minimum atomic E-state index is -0.978. The average Bonchev–Trinajstić information content (AvgIpc) is 3.67. The predicted octanol–water partition coefficient (Wildman–Crippen LogP) is 5.05. The number of nitrogens with one attached hydrogen (secondary N) is 4. The lowest BCUT2D eigenvalue weighted by Gasteiger charge is -2.43. The van der Waals surface area contributed by atoms with E-state index in [9.17, 15) is 28.8 Å². The number of rotatable bonds is 13. The minimum absolute atomic E-state index is 0.0193. The lowest BCUT2D eigenvalue weighted by atomic mass is 9.69. The number of likely N-dealkylation sites (tertiary alicyclic amines) is 1. The molecule has 3 aliphatic carbocycles. The number of aldehydes is 1. The third-order valence-corrected chi connectivity index (χ3v) is 12.1. The van der Waals surface area contributed by atoms with Gasteiger partial charge in [-0.1, -0.05) is 88.0 Å². The Kier molecular flexibility index (Phi) is 12.2. The van der Waals surface area contributed by atoms with Crippen molar-refractivity contribution < 1.29 is 28.8 Å². The van der Waals surface area contributed by atoms with Crippen LogP contribution in [0.5, 0.6) is 0 Å². The van der Waals surface area contributed by atoms with Crippen molar-refractivity contribution in [3.8, 4) is 0 Å². The first kappa shape index (κ1) is 39.8. The van der Waals surface area contributed by atoms with Crippen LogP contribution in [0, 0.1) is 34.0 Å². The molecule has 282 valence electrons. The fourth-order valence-corrected chi connectivity index (χ4v) is 8.65. The Morgan fingerprint density at radius 3 is 2.06 bits per heavy atom. The first-order chi connectivity index (χ1) is 23.2. The summed E-state index contributed by atoms with van der Waals surface area (Å²) in [7, 11) is 0. The molecule has 4 rings (SSSR count). The largest absolute Gasteiger partial charge is 0.347 e. The first-order valence-corrected chi connectivity index (χ1v) is 19.2. The van der Waals surface area contributed by atoms with E-state index < -0.39 is 52.7 Å². The number of fused-ring (bicyclic) bond motifs is 1. The number of Topliss-reactive ketones (excluding diaryl/α,β-unsaturated/α-hetero) is 1. The van der Waals surface area contributed by atoms with Crippen LogP contribution in [0.25, 0.3) is 0 Å². The zero-order chi connectivity index (χ0) is 37.2. The zero-order valence-electron chi connectivity index (χ0n) is 32.2. The molecule has 4 fully saturated rings. The van der Waals surface area contributed by atoms with Crippen molar-refractivity contribution in [2.24, 2.45) is 34.0 Å². The number of hydrogen-bond acceptors (Lipinski definition) is 6. The van der Waals surface area contributed by atoms with Crippen LogP contribution in [0.2, 0.25) is 0 Å². The van der Waals surface area contributed by atoms with Crippen LogP contribution in [-0.4, -0.2) is 77.0 Å². The lowest BCUT2D eigenvalue weighted by molar-refractivity contribution is -0.144. The second-order valence-corrected chi connectivity index (χ2v) is 18.7. The molecule has 0 aromatic heterocycles. The number of ketones is 1. The van der Waals surface area contributed by atoms with Gasteiger partial charge in [-0.2, -0.15) is 0 Å². The molecular formula is C39H65N5O6. The van der Waals surface area contributed by atoms with Gasteiger partial charge in [-0.25, -0.2) is 4.79 Å². The third kappa shape index (κ3) is 9.27. The maximum Gasteiger partial charge on any atom is 0.315 e. The van der Waals surface area contributed by atoms with E-state index in [1.165, 1.54) is 0 Å². The van der Waals surface area contributed by atoms with E-state index in [-0.39, 0.29) is 40.5 Å². The molecule has 4 N–H and O–H groups in total. The number of nitrogens with zero attached hydrogens (tertiary/aromatic N) is 1. The number of carbonyl (C=O) groups is 6. The molecule has 0 spiro atoms. The molecule has 1 heterocycles. The van der Waals surface area contributed by atoms with Crippen molar-refractivity contribution in [1.29, 1.82) is 0 Å². The van der Waals surface area contributed by atoms with Crippen molar-refractivity contribution in [3.63, 3.8) is 0 Å². The van der Waals surface area contributed by atoms with Gasteiger partial charge in [-0.05, 0) is 79.4 Å². The van der Waals surface area contributed by atoms with Crippen molar-refractivity contribution in [2.45, 2.75) is 169 Å². The van der Waals surface area contributed by atoms with Gasteiger partial charge in [0.05, 0.1) is 6.04 Å². The molecule has 50 heavy (non-hydrogen) atoms. The van der Waals surface area contributed by atoms with Crippen LogP contribution < -0.4 is 21.3 Å². The summed E-state index contributed by atoms with van der Waals surface area (Å²) in [6.07, 6.45) is 10.3. The summed E-state index contributed by atoms with van der Waals surface area (Å²) in [6.45, 7) is 18.4. The van der Waals surface area contributed by atoms with E-state index in [1.54, 1.807) is 4.90 Å². The second-order valence-electron chi connectivity index (χ2n) is 18.7. The van der Waals surface area contributed by atoms with E-state index >= 15 is 0 Å². The maximum absolute atomic E-state index is 14.7. The fraction of sp³-hybridized carbons (Fsp3) is 0.846. The summed E-state index contributed by atoms with van der Waals surface area (Å²) in [5.74, 6) is -2.36. The summed E-state index contributed by atoms with van der Waals surface area (Å²) >= 11 is 0. The maximum atomic E-state index is 14.7. The zero-order valence-corrected chi connectivity index (χ0v) is 32.2. The van der Waals surface area contributed by atoms with E-state index in [0.29, 0.717) is 25.8 Å². The molecule has 6 atom stereocenters. The van der Waals surface area contributed by atoms with E-state index in [4.69, 9.17) is 0 Å². The van der Waals surface area contributed by atoms with Crippen molar-refractivity contribution in [3.05, 3.63) is 0 Å². The van der Waals surface area contributed by atoms with Crippen LogP contribution >= 0.6 is 0 Å². The number of amides is 5. The standard InChI is InChI=1S/C39H65N5O6/c1-10-14-28(30(46)33(48)40-25-15-16-25)41-32(47)29-26-17-20-38(8,9)27(26)22-44(29)34(49)31(37(5,6)7)42-35(50)43-39(18-12-11-13-19-39)21-24(23-45)36(2,3)4/h23-29,31H,10-22H2,1-9H3,(H,40,48)(H,41,47)(H2,42,43,50)/t24?,26-,27-,28?,29-,31+/m0/s1. The number of carbonyl (C=O) groups excluding carboxylic acids is 6. The molecule has 1 aliphatic heterocycles. The molecule has 0 aromatic carbocycles. The van der Waals surface area contributed by atoms with Gasteiger partial charge < -0.3 is 31.0 Å². The third-order valence-electron chi connectivity index (χ3n) is 12.1. The molecule has 4 aliphatic rings. The van der Waals surface area contributed by atoms with Crippen molar-refractivity contribution >= 4 is 35.8 Å². The van der Waals surface area contributed by atoms with Crippen LogP contribution in [0.1, 0.15) is 139 Å². The molecule has 0 radical (unpaired) electrons. The molecule has 3 saturated carbocycles. The Bertz CT molecular complexity index is 1290. The monoisotopic (exact) mass is 699 g/mol. The minimum Gasteiger partial charge on any atom is -0.347 e. The molecule has 5 amide bonds. The molecular weight excluding hydrogens is 634 g/mol. The van der Waals surface area contributed by atoms with Crippen LogP contribution in [-0.2, 0) is 24.0 Å². The Labute approximate surface area is 300 Å². The van der Waals surface area contributed by atoms with Crippen molar-refractivity contribution in [2.75, 3.05) is 6.54 Å². The van der Waals surface area contributed by atoms with Gasteiger partial charge in [0, 0.05) is 24.0 Å². The summed E-state index contributed by atoms with van der Waals surface area (Å²) in [5, 5.41) is 11.9. The molecule has 0 bridgehead atoms. The van der Waals surface area contributed by atoms with Gasteiger partial charge >= 0.3 is 6.03 Å². The molecule has 11 nitrogen and oxygen atoms in total. The topological polar surface area (TPSA) is 154 Å². The second kappa shape index (κ2) is 15.3. The Balaban J connectivity index is 1.58. The smallest absolute Gasteiger partial charge is 0.315 e. The highest BCUT2D eigenvalue weighted by Crippen LogP contribution is 2.53. The van der Waals surface area contributed by atoms with Gasteiger partial charge in [0.25, 0.3) is 5.91 Å². The van der Waals surface area contributed by atoms with Gasteiger partial charge in [-0.3, -0.25) is 19.2 Å². The highest BCUT2D eigenvalue weighted by molar-refractivity contribution is 6.38. The van der Waals surface area contributed by atoms with Gasteiger partial charge in [0.2, 0.25) is 17.6 Å². The normalized spacial score (nSPS) is 26.2. The Morgan fingerprint density at radius 2 is 1.52 bits per heavy atom. The quantitative estimate of drug-likeness (QED) is 0.156. The molecule has 2 unspecified atom stereocenters. The average molecular weight is 700 g/mol. The summed E-state index contributed by atoms with van der Waals surface area (Å²) < 4.78 is 0. The lowest BCUT2D eigenvalue weighted by Crippen LogP contribution is -2.63. The highest BCUT2D eigenvalue weighted by atomic mass is 16.2. The van der Waals surface area contributed by atoms with Gasteiger partial charge in [0.15, 0.2) is 0 Å². The highest BCUT2D eigenvalue weighted by Gasteiger charge is 2.57. The Hall–Kier alpha value is -2.98. The van der Waals surface area contributed by atoms with Crippen molar-refractivity contribution in [1.82, 2.24) is 26.2 Å². The summed E-state index contributed by atoms with van der Waals surface area (Å²) in [6, 6.07) is -3.18. The van der Waals surface area contributed by atoms with Gasteiger partial charge in [0.1, 0.15) is 18.4 Å². The molecule has 11 heteroatoms. The molecule has 0 aromatic rings. The van der Waals surface area contributed by atoms with E-state index in [0.717, 1.165) is 64.1 Å². The van der Waals surface area contributed by atoms with Gasteiger partial charge in [-0.15, -0.1) is 0 Å². The fourth-order valence-electron chi connectivity index (χ4n) is 8.65. The predicted molar refractivity (Wildman–Crippen MR) is 193 cm³/mol. The van der Waals surface area contributed by atoms with E-state index in [2.05, 4.69) is 35.1 Å².